The lowest BCUT2D eigenvalue weighted by atomic mass is 10.2. The molecule has 0 aromatic rings. The lowest BCUT2D eigenvalue weighted by molar-refractivity contribution is -0.135. The second-order valence-electron chi connectivity index (χ2n) is 2.51. The van der Waals surface area contributed by atoms with E-state index in [9.17, 15) is 4.79 Å². The Bertz CT molecular complexity index is 197. The first-order chi connectivity index (χ1) is 5.76. The lowest BCUT2D eigenvalue weighted by Crippen LogP contribution is -2.07. The van der Waals surface area contributed by atoms with Crippen molar-refractivity contribution in [3.05, 3.63) is 11.8 Å². The molecule has 68 valence electrons. The molecule has 0 aromatic carbocycles. The molecular weight excluding hydrogens is 160 g/mol. The van der Waals surface area contributed by atoms with Gasteiger partial charge in [-0.05, 0) is 0 Å². The first kappa shape index (κ1) is 9.06. The third-order valence-corrected chi connectivity index (χ3v) is 1.70. The standard InChI is InChI=1S/C8H12O4/c1-10-7-3-6(12-5-7)4-8(9)11-2/h4,7H,3,5H2,1-2H3/b6-4+. The fourth-order valence-electron chi connectivity index (χ4n) is 0.985. The van der Waals surface area contributed by atoms with E-state index < -0.39 is 0 Å². The number of esters is 1. The van der Waals surface area contributed by atoms with E-state index >= 15 is 0 Å². The second-order valence-corrected chi connectivity index (χ2v) is 2.51. The third kappa shape index (κ3) is 2.23. The van der Waals surface area contributed by atoms with Crippen LogP contribution >= 0.6 is 0 Å². The molecule has 0 N–H and O–H groups in total. The van der Waals surface area contributed by atoms with E-state index in [2.05, 4.69) is 4.74 Å². The van der Waals surface area contributed by atoms with Crippen LogP contribution in [0.2, 0.25) is 0 Å². The Kier molecular flexibility index (Phi) is 3.10. The van der Waals surface area contributed by atoms with Crippen molar-refractivity contribution in [3.8, 4) is 0 Å². The molecule has 0 saturated carbocycles. The van der Waals surface area contributed by atoms with Gasteiger partial charge < -0.3 is 14.2 Å². The maximum Gasteiger partial charge on any atom is 0.333 e. The molecule has 0 aliphatic carbocycles. The van der Waals surface area contributed by atoms with E-state index in [-0.39, 0.29) is 12.1 Å². The van der Waals surface area contributed by atoms with Crippen molar-refractivity contribution in [3.63, 3.8) is 0 Å². The van der Waals surface area contributed by atoms with Crippen LogP contribution in [-0.2, 0) is 19.0 Å². The van der Waals surface area contributed by atoms with Crippen LogP contribution in [0.5, 0.6) is 0 Å². The Hall–Kier alpha value is -1.03. The van der Waals surface area contributed by atoms with E-state index in [1.54, 1.807) is 7.11 Å². The van der Waals surface area contributed by atoms with Crippen LogP contribution in [0.4, 0.5) is 0 Å². The zero-order valence-electron chi connectivity index (χ0n) is 7.20. The summed E-state index contributed by atoms with van der Waals surface area (Å²) in [5, 5.41) is 0. The molecule has 1 rings (SSSR count). The van der Waals surface area contributed by atoms with Gasteiger partial charge in [-0.3, -0.25) is 0 Å². The lowest BCUT2D eigenvalue weighted by Gasteiger charge is -1.99. The van der Waals surface area contributed by atoms with Crippen LogP contribution in [0.3, 0.4) is 0 Å². The fraction of sp³-hybridized carbons (Fsp3) is 0.625. The third-order valence-electron chi connectivity index (χ3n) is 1.70. The minimum Gasteiger partial charge on any atom is -0.495 e. The van der Waals surface area contributed by atoms with Gasteiger partial charge in [-0.25, -0.2) is 4.79 Å². The van der Waals surface area contributed by atoms with Gasteiger partial charge in [0.05, 0.1) is 19.3 Å². The molecular formula is C8H12O4. The summed E-state index contributed by atoms with van der Waals surface area (Å²) in [6.07, 6.45) is 2.06. The molecule has 0 radical (unpaired) electrons. The molecule has 1 fully saturated rings. The van der Waals surface area contributed by atoms with Gasteiger partial charge in [-0.1, -0.05) is 0 Å². The first-order valence-electron chi connectivity index (χ1n) is 3.70. The minimum absolute atomic E-state index is 0.0703. The average Bonchev–Trinajstić information content (AvgIpc) is 2.52. The number of rotatable bonds is 2. The maximum absolute atomic E-state index is 10.7. The Morgan fingerprint density at radius 1 is 1.67 bits per heavy atom. The topological polar surface area (TPSA) is 44.8 Å². The van der Waals surface area contributed by atoms with E-state index in [1.807, 2.05) is 0 Å². The summed E-state index contributed by atoms with van der Waals surface area (Å²) in [5.41, 5.74) is 0. The zero-order chi connectivity index (χ0) is 8.97. The molecule has 0 spiro atoms. The molecule has 0 aromatic heterocycles. The van der Waals surface area contributed by atoms with Crippen molar-refractivity contribution in [1.82, 2.24) is 0 Å². The number of hydrogen-bond acceptors (Lipinski definition) is 4. The van der Waals surface area contributed by atoms with Crippen molar-refractivity contribution in [2.45, 2.75) is 12.5 Å². The van der Waals surface area contributed by atoms with Gasteiger partial charge >= 0.3 is 5.97 Å². The predicted molar refractivity (Wildman–Crippen MR) is 41.5 cm³/mol. The normalized spacial score (nSPS) is 25.5. The van der Waals surface area contributed by atoms with E-state index in [4.69, 9.17) is 9.47 Å². The number of hydrogen-bond donors (Lipinski definition) is 0. The highest BCUT2D eigenvalue weighted by Gasteiger charge is 2.20. The molecule has 12 heavy (non-hydrogen) atoms. The molecule has 1 unspecified atom stereocenters. The fourth-order valence-corrected chi connectivity index (χ4v) is 0.985. The zero-order valence-corrected chi connectivity index (χ0v) is 7.20. The predicted octanol–water partition coefficient (Wildman–Crippen LogP) is 0.479. The Morgan fingerprint density at radius 3 is 2.92 bits per heavy atom. The summed E-state index contributed by atoms with van der Waals surface area (Å²) in [6, 6.07) is 0. The number of ether oxygens (including phenoxy) is 3. The molecule has 1 aliphatic rings. The highest BCUT2D eigenvalue weighted by molar-refractivity contribution is 5.82. The van der Waals surface area contributed by atoms with Gasteiger partial charge in [-0.2, -0.15) is 0 Å². The molecule has 1 heterocycles. The van der Waals surface area contributed by atoms with Crippen molar-refractivity contribution in [2.75, 3.05) is 20.8 Å². The summed E-state index contributed by atoms with van der Waals surface area (Å²) < 4.78 is 14.6. The smallest absolute Gasteiger partial charge is 0.333 e. The summed E-state index contributed by atoms with van der Waals surface area (Å²) in [4.78, 5) is 10.7. The van der Waals surface area contributed by atoms with Crippen molar-refractivity contribution < 1.29 is 19.0 Å². The van der Waals surface area contributed by atoms with Crippen LogP contribution < -0.4 is 0 Å². The Labute approximate surface area is 71.1 Å². The van der Waals surface area contributed by atoms with Gasteiger partial charge in [0.25, 0.3) is 0 Å². The van der Waals surface area contributed by atoms with E-state index in [0.717, 1.165) is 0 Å². The number of carbonyl (C=O) groups is 1. The van der Waals surface area contributed by atoms with Crippen LogP contribution in [0.25, 0.3) is 0 Å². The second kappa shape index (κ2) is 4.11. The SMILES string of the molecule is COC(=O)/C=C1\CC(OC)CO1. The monoisotopic (exact) mass is 172 g/mol. The minimum atomic E-state index is -0.387. The molecule has 1 saturated heterocycles. The van der Waals surface area contributed by atoms with Crippen LogP contribution in [-0.4, -0.2) is 32.9 Å². The van der Waals surface area contributed by atoms with E-state index in [0.29, 0.717) is 18.8 Å². The number of methoxy groups -OCH3 is 2. The number of carbonyl (C=O) groups excluding carboxylic acids is 1. The Morgan fingerprint density at radius 2 is 2.42 bits per heavy atom. The van der Waals surface area contributed by atoms with Gasteiger partial charge in [0, 0.05) is 13.5 Å². The summed E-state index contributed by atoms with van der Waals surface area (Å²) >= 11 is 0. The average molecular weight is 172 g/mol. The van der Waals surface area contributed by atoms with Gasteiger partial charge in [0.15, 0.2) is 0 Å². The summed E-state index contributed by atoms with van der Waals surface area (Å²) in [7, 11) is 2.96. The van der Waals surface area contributed by atoms with Crippen molar-refractivity contribution in [2.24, 2.45) is 0 Å². The summed E-state index contributed by atoms with van der Waals surface area (Å²) in [6.45, 7) is 0.513. The van der Waals surface area contributed by atoms with Crippen LogP contribution in [0.15, 0.2) is 11.8 Å². The van der Waals surface area contributed by atoms with Gasteiger partial charge in [0.2, 0.25) is 0 Å². The molecule has 0 amide bonds. The molecule has 1 atom stereocenters. The highest BCUT2D eigenvalue weighted by Crippen LogP contribution is 2.18. The quantitative estimate of drug-likeness (QED) is 0.449. The molecule has 4 heteroatoms. The largest absolute Gasteiger partial charge is 0.495 e. The van der Waals surface area contributed by atoms with Crippen molar-refractivity contribution >= 4 is 5.97 Å². The van der Waals surface area contributed by atoms with Gasteiger partial charge in [-0.15, -0.1) is 0 Å². The summed E-state index contributed by atoms with van der Waals surface area (Å²) in [5.74, 6) is 0.246. The van der Waals surface area contributed by atoms with Gasteiger partial charge in [0.1, 0.15) is 12.4 Å². The van der Waals surface area contributed by atoms with Crippen molar-refractivity contribution in [1.29, 1.82) is 0 Å². The molecule has 4 nitrogen and oxygen atoms in total. The van der Waals surface area contributed by atoms with Crippen LogP contribution in [0.1, 0.15) is 6.42 Å². The Balaban J connectivity index is 2.45. The molecule has 0 bridgehead atoms. The highest BCUT2D eigenvalue weighted by atomic mass is 16.5. The van der Waals surface area contributed by atoms with Crippen LogP contribution in [0, 0.1) is 0 Å². The maximum atomic E-state index is 10.7. The van der Waals surface area contributed by atoms with E-state index in [1.165, 1.54) is 13.2 Å². The molecule has 1 aliphatic heterocycles. The first-order valence-corrected chi connectivity index (χ1v) is 3.70.